The molecule has 0 amide bonds. The van der Waals surface area contributed by atoms with Crippen molar-refractivity contribution in [1.29, 1.82) is 0 Å². The smallest absolute Gasteiger partial charge is 0.305 e. The molecule has 202 valence electrons. The third kappa shape index (κ3) is 16.7. The minimum Gasteiger partial charge on any atom is -0.508 e. The van der Waals surface area contributed by atoms with Gasteiger partial charge in [-0.15, -0.1) is 0 Å². The zero-order valence-electron chi connectivity index (χ0n) is 23.4. The van der Waals surface area contributed by atoms with Gasteiger partial charge in [-0.3, -0.25) is 4.79 Å². The van der Waals surface area contributed by atoms with Crippen molar-refractivity contribution in [2.24, 2.45) is 5.92 Å². The molecular formula is C32H56O3. The van der Waals surface area contributed by atoms with Crippen LogP contribution in [0.15, 0.2) is 24.3 Å². The Balaban J connectivity index is 1.92. The SMILES string of the molecule is CCCCC(CC)COC(=O)CCCCCCCCCCCCCC(CCC)c1ccc(O)cc1. The second-order valence-electron chi connectivity index (χ2n) is 10.6. The highest BCUT2D eigenvalue weighted by Gasteiger charge is 2.11. The Morgan fingerprint density at radius 2 is 1.29 bits per heavy atom. The van der Waals surface area contributed by atoms with Gasteiger partial charge in [0.15, 0.2) is 0 Å². The minimum absolute atomic E-state index is 0.00373. The molecule has 0 spiro atoms. The molecule has 0 aliphatic heterocycles. The normalized spacial score (nSPS) is 13.0. The van der Waals surface area contributed by atoms with Crippen molar-refractivity contribution < 1.29 is 14.6 Å². The van der Waals surface area contributed by atoms with Crippen molar-refractivity contribution in [1.82, 2.24) is 0 Å². The van der Waals surface area contributed by atoms with Gasteiger partial charge in [-0.05, 0) is 55.2 Å². The largest absolute Gasteiger partial charge is 0.508 e. The van der Waals surface area contributed by atoms with Crippen LogP contribution in [0.4, 0.5) is 0 Å². The van der Waals surface area contributed by atoms with Crippen molar-refractivity contribution in [3.8, 4) is 5.75 Å². The van der Waals surface area contributed by atoms with Gasteiger partial charge in [0.25, 0.3) is 0 Å². The van der Waals surface area contributed by atoms with Crippen LogP contribution in [0.25, 0.3) is 0 Å². The monoisotopic (exact) mass is 488 g/mol. The lowest BCUT2D eigenvalue weighted by Gasteiger charge is -2.16. The zero-order valence-corrected chi connectivity index (χ0v) is 23.4. The van der Waals surface area contributed by atoms with Crippen molar-refractivity contribution in [2.75, 3.05) is 6.61 Å². The third-order valence-electron chi connectivity index (χ3n) is 7.46. The first-order chi connectivity index (χ1) is 17.1. The topological polar surface area (TPSA) is 46.5 Å². The van der Waals surface area contributed by atoms with Gasteiger partial charge in [0.2, 0.25) is 0 Å². The first kappa shape index (κ1) is 31.5. The number of unbranched alkanes of at least 4 members (excludes halogenated alkanes) is 11. The van der Waals surface area contributed by atoms with Crippen LogP contribution < -0.4 is 0 Å². The van der Waals surface area contributed by atoms with Gasteiger partial charge in [-0.2, -0.15) is 0 Å². The number of carbonyl (C=O) groups is 1. The Morgan fingerprint density at radius 3 is 1.83 bits per heavy atom. The summed E-state index contributed by atoms with van der Waals surface area (Å²) < 4.78 is 5.50. The molecule has 0 aromatic heterocycles. The third-order valence-corrected chi connectivity index (χ3v) is 7.46. The number of ether oxygens (including phenoxy) is 1. The molecule has 1 rings (SSSR count). The fourth-order valence-corrected chi connectivity index (χ4v) is 5.00. The molecule has 1 aromatic carbocycles. The van der Waals surface area contributed by atoms with Crippen LogP contribution in [-0.4, -0.2) is 17.7 Å². The number of benzene rings is 1. The van der Waals surface area contributed by atoms with Crippen molar-refractivity contribution in [3.63, 3.8) is 0 Å². The molecule has 0 saturated heterocycles. The van der Waals surface area contributed by atoms with Gasteiger partial charge in [-0.1, -0.05) is 123 Å². The van der Waals surface area contributed by atoms with E-state index in [1.807, 2.05) is 12.1 Å². The van der Waals surface area contributed by atoms with Gasteiger partial charge < -0.3 is 9.84 Å². The molecule has 2 atom stereocenters. The number of aromatic hydroxyl groups is 1. The fraction of sp³-hybridized carbons (Fsp3) is 0.781. The Labute approximate surface area is 217 Å². The molecule has 3 nitrogen and oxygen atoms in total. The van der Waals surface area contributed by atoms with E-state index in [0.29, 0.717) is 30.6 Å². The molecule has 1 N–H and O–H groups in total. The number of phenolic OH excluding ortho intramolecular Hbond substituents is 1. The summed E-state index contributed by atoms with van der Waals surface area (Å²) in [5.74, 6) is 1.55. The molecule has 0 heterocycles. The molecule has 1 aromatic rings. The maximum Gasteiger partial charge on any atom is 0.305 e. The van der Waals surface area contributed by atoms with E-state index in [1.165, 1.54) is 102 Å². The van der Waals surface area contributed by atoms with Crippen molar-refractivity contribution >= 4 is 5.97 Å². The predicted molar refractivity (Wildman–Crippen MR) is 150 cm³/mol. The van der Waals surface area contributed by atoms with Crippen LogP contribution in [0.2, 0.25) is 0 Å². The molecule has 0 fully saturated rings. The summed E-state index contributed by atoms with van der Waals surface area (Å²) in [5, 5.41) is 9.52. The molecule has 3 heteroatoms. The van der Waals surface area contributed by atoms with Crippen LogP contribution in [0.1, 0.15) is 154 Å². The number of esters is 1. The lowest BCUT2D eigenvalue weighted by atomic mass is 9.89. The Bertz CT molecular complexity index is 610. The van der Waals surface area contributed by atoms with E-state index < -0.39 is 0 Å². The number of rotatable bonds is 23. The van der Waals surface area contributed by atoms with E-state index in [9.17, 15) is 9.90 Å². The van der Waals surface area contributed by atoms with Crippen LogP contribution in [0.5, 0.6) is 5.75 Å². The second-order valence-corrected chi connectivity index (χ2v) is 10.6. The molecule has 0 radical (unpaired) electrons. The van der Waals surface area contributed by atoms with E-state index in [4.69, 9.17) is 4.74 Å². The quantitative estimate of drug-likeness (QED) is 0.123. The Kier molecular flexibility index (Phi) is 19.6. The average molecular weight is 489 g/mol. The molecule has 0 saturated carbocycles. The Hall–Kier alpha value is -1.51. The summed E-state index contributed by atoms with van der Waals surface area (Å²) in [6, 6.07) is 7.84. The predicted octanol–water partition coefficient (Wildman–Crippen LogP) is 10.1. The Morgan fingerprint density at radius 1 is 0.714 bits per heavy atom. The van der Waals surface area contributed by atoms with E-state index in [2.05, 4.69) is 32.9 Å². The zero-order chi connectivity index (χ0) is 25.6. The minimum atomic E-state index is 0.00373. The first-order valence-electron chi connectivity index (χ1n) is 15.0. The summed E-state index contributed by atoms with van der Waals surface area (Å²) >= 11 is 0. The van der Waals surface area contributed by atoms with Gasteiger partial charge in [-0.25, -0.2) is 0 Å². The van der Waals surface area contributed by atoms with E-state index in [0.717, 1.165) is 19.3 Å². The maximum absolute atomic E-state index is 11.9. The maximum atomic E-state index is 11.9. The lowest BCUT2D eigenvalue weighted by Crippen LogP contribution is -2.13. The highest BCUT2D eigenvalue weighted by Crippen LogP contribution is 2.28. The molecule has 0 aliphatic rings. The summed E-state index contributed by atoms with van der Waals surface area (Å²) in [7, 11) is 0. The second kappa shape index (κ2) is 21.7. The molecule has 2 unspecified atom stereocenters. The van der Waals surface area contributed by atoms with Crippen LogP contribution >= 0.6 is 0 Å². The highest BCUT2D eigenvalue weighted by molar-refractivity contribution is 5.69. The van der Waals surface area contributed by atoms with Crippen LogP contribution in [-0.2, 0) is 9.53 Å². The summed E-state index contributed by atoms with van der Waals surface area (Å²) in [5.41, 5.74) is 1.38. The van der Waals surface area contributed by atoms with Crippen molar-refractivity contribution in [3.05, 3.63) is 29.8 Å². The van der Waals surface area contributed by atoms with E-state index in [1.54, 1.807) is 0 Å². The first-order valence-corrected chi connectivity index (χ1v) is 15.0. The lowest BCUT2D eigenvalue weighted by molar-refractivity contribution is -0.145. The van der Waals surface area contributed by atoms with Crippen LogP contribution in [0, 0.1) is 5.92 Å². The summed E-state index contributed by atoms with van der Waals surface area (Å²) in [4.78, 5) is 11.9. The molecule has 0 aliphatic carbocycles. The standard InChI is InChI=1S/C32H56O3/c1-4-7-20-28(6-3)27-35-32(34)22-18-16-14-12-10-8-9-11-13-15-17-21-29(19-5-2)30-23-25-31(33)26-24-30/h23-26,28-29,33H,4-22,27H2,1-3H3. The summed E-state index contributed by atoms with van der Waals surface area (Å²) in [6.07, 6.45) is 23.1. The van der Waals surface area contributed by atoms with Crippen molar-refractivity contribution in [2.45, 2.75) is 149 Å². The number of hydrogen-bond acceptors (Lipinski definition) is 3. The number of carbonyl (C=O) groups excluding carboxylic acids is 1. The van der Waals surface area contributed by atoms with Crippen LogP contribution in [0.3, 0.4) is 0 Å². The highest BCUT2D eigenvalue weighted by atomic mass is 16.5. The van der Waals surface area contributed by atoms with E-state index in [-0.39, 0.29) is 5.97 Å². The fourth-order valence-electron chi connectivity index (χ4n) is 5.00. The molecule has 35 heavy (non-hydrogen) atoms. The molecular weight excluding hydrogens is 432 g/mol. The van der Waals surface area contributed by atoms with Gasteiger partial charge in [0.05, 0.1) is 6.61 Å². The van der Waals surface area contributed by atoms with E-state index >= 15 is 0 Å². The average Bonchev–Trinajstić information content (AvgIpc) is 2.86. The number of hydrogen-bond donors (Lipinski definition) is 1. The number of phenols is 1. The molecule has 0 bridgehead atoms. The van der Waals surface area contributed by atoms with Gasteiger partial charge in [0, 0.05) is 6.42 Å². The summed E-state index contributed by atoms with van der Waals surface area (Å²) in [6.45, 7) is 7.29. The van der Waals surface area contributed by atoms with Gasteiger partial charge in [0.1, 0.15) is 5.75 Å². The van der Waals surface area contributed by atoms with Gasteiger partial charge >= 0.3 is 5.97 Å².